The number of carbonyl (C=O) groups excluding carboxylic acids is 1. The van der Waals surface area contributed by atoms with E-state index in [4.69, 9.17) is 14.7 Å². The lowest BCUT2D eigenvalue weighted by Gasteiger charge is -2.43. The van der Waals surface area contributed by atoms with E-state index >= 15 is 0 Å². The molecule has 1 aliphatic rings. The van der Waals surface area contributed by atoms with Crippen molar-refractivity contribution in [3.8, 4) is 22.4 Å². The van der Waals surface area contributed by atoms with Gasteiger partial charge >= 0.3 is 6.09 Å². The highest BCUT2D eigenvalue weighted by molar-refractivity contribution is 5.92. The molecule has 0 saturated heterocycles. The number of fused-ring (bicyclic) bond motifs is 1. The van der Waals surface area contributed by atoms with Gasteiger partial charge in [-0.1, -0.05) is 54.6 Å². The van der Waals surface area contributed by atoms with Crippen molar-refractivity contribution in [2.75, 3.05) is 0 Å². The lowest BCUT2D eigenvalue weighted by Crippen LogP contribution is -2.52. The molecule has 1 amide bonds. The van der Waals surface area contributed by atoms with Crippen molar-refractivity contribution in [1.29, 1.82) is 0 Å². The van der Waals surface area contributed by atoms with E-state index in [1.54, 1.807) is 12.4 Å². The first kappa shape index (κ1) is 28.5. The smallest absolute Gasteiger partial charge is 0.408 e. The molecule has 0 spiro atoms. The van der Waals surface area contributed by atoms with Crippen molar-refractivity contribution in [3.05, 3.63) is 114 Å². The molecule has 3 aromatic heterocycles. The van der Waals surface area contributed by atoms with E-state index < -0.39 is 11.1 Å². The molecular weight excluding hydrogens is 534 g/mol. The molecule has 2 aromatic carbocycles. The summed E-state index contributed by atoms with van der Waals surface area (Å²) in [6.07, 6.45) is 7.91. The van der Waals surface area contributed by atoms with E-state index in [0.29, 0.717) is 6.54 Å². The number of hydrogen-bond donors (Lipinski definition) is 2. The molecule has 0 radical (unpaired) electrons. The van der Waals surface area contributed by atoms with Crippen LogP contribution in [-0.2, 0) is 23.4 Å². The van der Waals surface area contributed by atoms with Crippen molar-refractivity contribution < 1.29 is 9.53 Å². The Bertz CT molecular complexity index is 1710. The summed E-state index contributed by atoms with van der Waals surface area (Å²) in [6.45, 7) is 7.00. The van der Waals surface area contributed by atoms with E-state index in [1.165, 1.54) is 5.56 Å². The fourth-order valence-electron chi connectivity index (χ4n) is 5.64. The zero-order chi connectivity index (χ0) is 29.9. The maximum atomic E-state index is 12.7. The van der Waals surface area contributed by atoms with Crippen LogP contribution in [0.4, 0.5) is 4.79 Å². The van der Waals surface area contributed by atoms with Gasteiger partial charge in [0.1, 0.15) is 5.60 Å². The van der Waals surface area contributed by atoms with Gasteiger partial charge in [0.25, 0.3) is 0 Å². The van der Waals surface area contributed by atoms with Crippen LogP contribution in [0, 0.1) is 0 Å². The molecule has 0 bridgehead atoms. The normalized spacial score (nSPS) is 14.2. The topological polar surface area (TPSA) is 89.0 Å². The zero-order valence-electron chi connectivity index (χ0n) is 24.9. The van der Waals surface area contributed by atoms with Crippen LogP contribution in [0.15, 0.2) is 97.5 Å². The first-order chi connectivity index (χ1) is 20.8. The summed E-state index contributed by atoms with van der Waals surface area (Å²) >= 11 is 0. The van der Waals surface area contributed by atoms with Crippen molar-refractivity contribution in [1.82, 2.24) is 25.6 Å². The van der Waals surface area contributed by atoms with E-state index in [-0.39, 0.29) is 6.09 Å². The molecule has 7 heteroatoms. The van der Waals surface area contributed by atoms with Gasteiger partial charge in [0, 0.05) is 48.2 Å². The summed E-state index contributed by atoms with van der Waals surface area (Å²) in [5.41, 5.74) is 7.25. The van der Waals surface area contributed by atoms with Gasteiger partial charge in [0.15, 0.2) is 0 Å². The van der Waals surface area contributed by atoms with Crippen LogP contribution in [0.25, 0.3) is 33.3 Å². The van der Waals surface area contributed by atoms with Crippen molar-refractivity contribution in [3.63, 3.8) is 0 Å². The highest BCUT2D eigenvalue weighted by Crippen LogP contribution is 2.42. The highest BCUT2D eigenvalue weighted by Gasteiger charge is 2.41. The molecule has 43 heavy (non-hydrogen) atoms. The molecular formula is C36H37N5O2. The maximum absolute atomic E-state index is 12.7. The third-order valence-corrected chi connectivity index (χ3v) is 7.94. The molecule has 0 atom stereocenters. The fraction of sp³-hybridized carbons (Fsp3) is 0.278. The number of nitrogens with zero attached hydrogens (tertiary/aromatic N) is 3. The Hall–Kier alpha value is -4.62. The van der Waals surface area contributed by atoms with Crippen LogP contribution in [0.5, 0.6) is 0 Å². The van der Waals surface area contributed by atoms with Gasteiger partial charge in [0.2, 0.25) is 0 Å². The SMILES string of the molecule is CC(C)(C)OC(=O)NC1(c2ccc(-c3nc4ccnc(CNCc5ccncc5)c4cc3-c3ccccc3)cc2)CCC1. The number of nitrogens with one attached hydrogen (secondary N) is 2. The predicted molar refractivity (Wildman–Crippen MR) is 170 cm³/mol. The lowest BCUT2D eigenvalue weighted by molar-refractivity contribution is 0.0377. The molecule has 6 rings (SSSR count). The van der Waals surface area contributed by atoms with Gasteiger partial charge in [0.05, 0.1) is 22.4 Å². The number of pyridine rings is 3. The largest absolute Gasteiger partial charge is 0.444 e. The molecule has 0 aliphatic heterocycles. The Kier molecular flexibility index (Phi) is 7.91. The Labute approximate surface area is 252 Å². The molecule has 2 N–H and O–H groups in total. The third kappa shape index (κ3) is 6.42. The number of carbonyl (C=O) groups is 1. The second kappa shape index (κ2) is 11.9. The number of benzene rings is 2. The number of hydrogen-bond acceptors (Lipinski definition) is 6. The Morgan fingerprint density at radius 1 is 0.884 bits per heavy atom. The minimum atomic E-state index is -0.542. The van der Waals surface area contributed by atoms with Crippen LogP contribution in [0.1, 0.15) is 56.9 Å². The number of rotatable bonds is 8. The second-order valence-electron chi connectivity index (χ2n) is 12.2. The van der Waals surface area contributed by atoms with Gasteiger partial charge in [-0.2, -0.15) is 0 Å². The quantitative estimate of drug-likeness (QED) is 0.200. The summed E-state index contributed by atoms with van der Waals surface area (Å²) in [7, 11) is 0. The molecule has 1 fully saturated rings. The molecule has 5 aromatic rings. The van der Waals surface area contributed by atoms with Crippen LogP contribution >= 0.6 is 0 Å². The number of alkyl carbamates (subject to hydrolysis) is 1. The average molecular weight is 572 g/mol. The Morgan fingerprint density at radius 3 is 2.30 bits per heavy atom. The minimum absolute atomic E-state index is 0.376. The van der Waals surface area contributed by atoms with Crippen molar-refractivity contribution in [2.45, 2.75) is 64.3 Å². The first-order valence-electron chi connectivity index (χ1n) is 14.9. The van der Waals surface area contributed by atoms with E-state index in [9.17, 15) is 4.79 Å². The van der Waals surface area contributed by atoms with Crippen molar-refractivity contribution in [2.24, 2.45) is 0 Å². The maximum Gasteiger partial charge on any atom is 0.408 e. The molecule has 1 aliphatic carbocycles. The first-order valence-corrected chi connectivity index (χ1v) is 14.9. The van der Waals surface area contributed by atoms with Crippen molar-refractivity contribution >= 4 is 17.0 Å². The highest BCUT2D eigenvalue weighted by atomic mass is 16.6. The van der Waals surface area contributed by atoms with Gasteiger partial charge < -0.3 is 15.4 Å². The molecule has 1 saturated carbocycles. The summed E-state index contributed by atoms with van der Waals surface area (Å²) in [5.74, 6) is 0. The van der Waals surface area contributed by atoms with Gasteiger partial charge in [-0.15, -0.1) is 0 Å². The number of amides is 1. The Morgan fingerprint density at radius 2 is 1.63 bits per heavy atom. The number of ether oxygens (including phenoxy) is 1. The third-order valence-electron chi connectivity index (χ3n) is 7.94. The molecule has 7 nitrogen and oxygen atoms in total. The monoisotopic (exact) mass is 571 g/mol. The fourth-order valence-corrected chi connectivity index (χ4v) is 5.64. The van der Waals surface area contributed by atoms with Gasteiger partial charge in [-0.25, -0.2) is 9.78 Å². The molecule has 0 unspecified atom stereocenters. The van der Waals surface area contributed by atoms with Gasteiger partial charge in [-0.05, 0) is 81.0 Å². The molecule has 3 heterocycles. The average Bonchev–Trinajstić information content (AvgIpc) is 2.99. The van der Waals surface area contributed by atoms with Crippen LogP contribution in [-0.4, -0.2) is 26.6 Å². The van der Waals surface area contributed by atoms with Crippen LogP contribution in [0.3, 0.4) is 0 Å². The van der Waals surface area contributed by atoms with Crippen LogP contribution < -0.4 is 10.6 Å². The summed E-state index contributed by atoms with van der Waals surface area (Å²) < 4.78 is 5.57. The van der Waals surface area contributed by atoms with Crippen LogP contribution in [0.2, 0.25) is 0 Å². The predicted octanol–water partition coefficient (Wildman–Crippen LogP) is 7.55. The second-order valence-corrected chi connectivity index (χ2v) is 12.2. The standard InChI is InChI=1S/C36H37N5O2/c1-35(2,3)43-34(42)41-36(17-7-18-36)28-12-10-27(11-13-28)33-29(26-8-5-4-6-9-26)22-30-31(40-33)16-21-39-32(30)24-38-23-25-14-19-37-20-15-25/h4-6,8-16,19-22,38H,7,17-18,23-24H2,1-3H3,(H,41,42). The minimum Gasteiger partial charge on any atom is -0.444 e. The summed E-state index contributed by atoms with van der Waals surface area (Å²) in [6, 6.07) is 27.0. The number of aromatic nitrogens is 3. The molecule has 218 valence electrons. The van der Waals surface area contributed by atoms with E-state index in [0.717, 1.165) is 70.4 Å². The Balaban J connectivity index is 1.32. The van der Waals surface area contributed by atoms with E-state index in [2.05, 4.69) is 70.2 Å². The summed E-state index contributed by atoms with van der Waals surface area (Å²) in [5, 5.41) is 7.71. The summed E-state index contributed by atoms with van der Waals surface area (Å²) in [4.78, 5) is 26.7. The van der Waals surface area contributed by atoms with E-state index in [1.807, 2.05) is 51.2 Å². The lowest BCUT2D eigenvalue weighted by atomic mass is 9.71. The van der Waals surface area contributed by atoms with Gasteiger partial charge in [-0.3, -0.25) is 9.97 Å². The zero-order valence-corrected chi connectivity index (χ0v) is 24.9.